The van der Waals surface area contributed by atoms with E-state index in [1.165, 1.54) is 51.4 Å². The molecule has 0 bridgehead atoms. The van der Waals surface area contributed by atoms with Crippen molar-refractivity contribution in [3.8, 4) is 0 Å². The first-order valence-electron chi connectivity index (χ1n) is 6.31. The van der Waals surface area contributed by atoms with Crippen LogP contribution in [0.4, 0.5) is 0 Å². The largest absolute Gasteiger partial charge is 0.381 e. The lowest BCUT2D eigenvalue weighted by Crippen LogP contribution is -1.96. The van der Waals surface area contributed by atoms with E-state index in [0.717, 1.165) is 13.2 Å². The first kappa shape index (κ1) is 14.0. The second-order valence-electron chi connectivity index (χ2n) is 3.89. The topological polar surface area (TPSA) is 9.23 Å². The molecule has 1 nitrogen and oxygen atoms in total. The standard InChI is InChI=1S/C13H27O/c1-3-5-7-8-9-10-11-13-14-12-6-4-2/h8H,3-7,9-13H2,1-2H3. The molecule has 14 heavy (non-hydrogen) atoms. The van der Waals surface area contributed by atoms with Crippen LogP contribution in [0.1, 0.15) is 65.2 Å². The molecule has 0 aliphatic heterocycles. The molecule has 1 heteroatoms. The molecule has 0 fully saturated rings. The van der Waals surface area contributed by atoms with Gasteiger partial charge in [0.15, 0.2) is 0 Å². The van der Waals surface area contributed by atoms with Crippen LogP contribution in [0.3, 0.4) is 0 Å². The van der Waals surface area contributed by atoms with Crippen molar-refractivity contribution < 1.29 is 4.74 Å². The number of rotatable bonds is 11. The van der Waals surface area contributed by atoms with Crippen LogP contribution in [0.15, 0.2) is 0 Å². The number of ether oxygens (including phenoxy) is 1. The highest BCUT2D eigenvalue weighted by Gasteiger charge is 1.91. The maximum absolute atomic E-state index is 5.49. The van der Waals surface area contributed by atoms with Gasteiger partial charge in [0.05, 0.1) is 0 Å². The Morgan fingerprint density at radius 3 is 2.14 bits per heavy atom. The molecule has 0 saturated carbocycles. The van der Waals surface area contributed by atoms with E-state index in [2.05, 4.69) is 20.3 Å². The normalized spacial score (nSPS) is 10.7. The zero-order valence-electron chi connectivity index (χ0n) is 10.1. The van der Waals surface area contributed by atoms with Crippen molar-refractivity contribution in [1.82, 2.24) is 0 Å². The molecular weight excluding hydrogens is 172 g/mol. The third-order valence-electron chi connectivity index (χ3n) is 2.35. The fourth-order valence-electron chi connectivity index (χ4n) is 1.33. The van der Waals surface area contributed by atoms with Gasteiger partial charge >= 0.3 is 0 Å². The predicted molar refractivity (Wildman–Crippen MR) is 63.4 cm³/mol. The van der Waals surface area contributed by atoms with Crippen LogP contribution in [-0.4, -0.2) is 13.2 Å². The minimum atomic E-state index is 0.954. The molecule has 0 aliphatic rings. The molecule has 0 atom stereocenters. The van der Waals surface area contributed by atoms with Crippen LogP contribution >= 0.6 is 0 Å². The first-order chi connectivity index (χ1) is 6.91. The SMILES string of the molecule is CCCC[CH]CCCCOCCCC. The second kappa shape index (κ2) is 13.0. The van der Waals surface area contributed by atoms with Gasteiger partial charge in [-0.1, -0.05) is 52.4 Å². The summed E-state index contributed by atoms with van der Waals surface area (Å²) < 4.78 is 5.49. The van der Waals surface area contributed by atoms with Crippen LogP contribution in [0, 0.1) is 6.42 Å². The maximum atomic E-state index is 5.49. The maximum Gasteiger partial charge on any atom is 0.0466 e. The fraction of sp³-hybridized carbons (Fsp3) is 0.923. The molecule has 0 N–H and O–H groups in total. The summed E-state index contributed by atoms with van der Waals surface area (Å²) in [4.78, 5) is 0. The van der Waals surface area contributed by atoms with Crippen molar-refractivity contribution >= 4 is 0 Å². The van der Waals surface area contributed by atoms with E-state index in [4.69, 9.17) is 4.74 Å². The molecule has 85 valence electrons. The Kier molecular flexibility index (Phi) is 12.9. The lowest BCUT2D eigenvalue weighted by molar-refractivity contribution is 0.127. The van der Waals surface area contributed by atoms with Crippen molar-refractivity contribution in [3.05, 3.63) is 6.42 Å². The van der Waals surface area contributed by atoms with E-state index in [1.54, 1.807) is 0 Å². The van der Waals surface area contributed by atoms with Crippen molar-refractivity contribution in [2.75, 3.05) is 13.2 Å². The average Bonchev–Trinajstić information content (AvgIpc) is 2.21. The smallest absolute Gasteiger partial charge is 0.0466 e. The van der Waals surface area contributed by atoms with E-state index < -0.39 is 0 Å². The van der Waals surface area contributed by atoms with Gasteiger partial charge in [-0.3, -0.25) is 0 Å². The molecule has 0 amide bonds. The first-order valence-corrected chi connectivity index (χ1v) is 6.31. The Hall–Kier alpha value is -0.0400. The minimum Gasteiger partial charge on any atom is -0.381 e. The van der Waals surface area contributed by atoms with E-state index in [9.17, 15) is 0 Å². The van der Waals surface area contributed by atoms with Gasteiger partial charge in [-0.25, -0.2) is 0 Å². The molecule has 0 aromatic carbocycles. The van der Waals surface area contributed by atoms with E-state index in [0.29, 0.717) is 0 Å². The lowest BCUT2D eigenvalue weighted by atomic mass is 10.1. The molecule has 0 heterocycles. The molecule has 0 unspecified atom stereocenters. The van der Waals surface area contributed by atoms with E-state index in [1.807, 2.05) is 0 Å². The van der Waals surface area contributed by atoms with Gasteiger partial charge in [-0.05, 0) is 19.3 Å². The van der Waals surface area contributed by atoms with Crippen LogP contribution in [0.2, 0.25) is 0 Å². The zero-order chi connectivity index (χ0) is 10.5. The van der Waals surface area contributed by atoms with Crippen LogP contribution in [-0.2, 0) is 4.74 Å². The summed E-state index contributed by atoms with van der Waals surface area (Å²) in [6.07, 6.45) is 12.7. The third-order valence-corrected chi connectivity index (χ3v) is 2.35. The van der Waals surface area contributed by atoms with Crippen LogP contribution < -0.4 is 0 Å². The quantitative estimate of drug-likeness (QED) is 0.449. The Morgan fingerprint density at radius 2 is 1.43 bits per heavy atom. The summed E-state index contributed by atoms with van der Waals surface area (Å²) in [6.45, 7) is 6.36. The summed E-state index contributed by atoms with van der Waals surface area (Å²) >= 11 is 0. The Labute approximate surface area is 90.2 Å². The van der Waals surface area contributed by atoms with E-state index >= 15 is 0 Å². The summed E-state index contributed by atoms with van der Waals surface area (Å²) in [5.41, 5.74) is 0. The number of hydrogen-bond donors (Lipinski definition) is 0. The Morgan fingerprint density at radius 1 is 0.786 bits per heavy atom. The third kappa shape index (κ3) is 12.0. The highest BCUT2D eigenvalue weighted by Crippen LogP contribution is 2.05. The van der Waals surface area contributed by atoms with Gasteiger partial charge in [0.25, 0.3) is 0 Å². The molecule has 0 aromatic rings. The van der Waals surface area contributed by atoms with Gasteiger partial charge in [0.2, 0.25) is 0 Å². The molecule has 0 saturated heterocycles. The highest BCUT2D eigenvalue weighted by molar-refractivity contribution is 4.63. The van der Waals surface area contributed by atoms with Gasteiger partial charge in [-0.2, -0.15) is 0 Å². The van der Waals surface area contributed by atoms with Crippen molar-refractivity contribution in [1.29, 1.82) is 0 Å². The molecule has 1 radical (unpaired) electrons. The van der Waals surface area contributed by atoms with Crippen molar-refractivity contribution in [2.24, 2.45) is 0 Å². The van der Waals surface area contributed by atoms with Crippen molar-refractivity contribution in [2.45, 2.75) is 65.2 Å². The second-order valence-corrected chi connectivity index (χ2v) is 3.89. The summed E-state index contributed by atoms with van der Waals surface area (Å²) in [7, 11) is 0. The van der Waals surface area contributed by atoms with Crippen LogP contribution in [0.25, 0.3) is 0 Å². The summed E-state index contributed by atoms with van der Waals surface area (Å²) in [5, 5.41) is 0. The molecular formula is C13H27O. The predicted octanol–water partition coefficient (Wildman–Crippen LogP) is 4.37. The summed E-state index contributed by atoms with van der Waals surface area (Å²) in [5.74, 6) is 0. The Balaban J connectivity index is 2.78. The minimum absolute atomic E-state index is 0.954. The number of unbranched alkanes of at least 4 members (excludes halogenated alkanes) is 7. The Bertz CT molecular complexity index is 79.2. The molecule has 0 aromatic heterocycles. The van der Waals surface area contributed by atoms with Gasteiger partial charge in [-0.15, -0.1) is 0 Å². The number of hydrogen-bond acceptors (Lipinski definition) is 1. The molecule has 0 aliphatic carbocycles. The summed E-state index contributed by atoms with van der Waals surface area (Å²) in [6, 6.07) is 0. The van der Waals surface area contributed by atoms with E-state index in [-0.39, 0.29) is 0 Å². The molecule has 0 rings (SSSR count). The van der Waals surface area contributed by atoms with Crippen molar-refractivity contribution in [3.63, 3.8) is 0 Å². The lowest BCUT2D eigenvalue weighted by Gasteiger charge is -2.03. The average molecular weight is 199 g/mol. The van der Waals surface area contributed by atoms with Gasteiger partial charge < -0.3 is 4.74 Å². The van der Waals surface area contributed by atoms with Gasteiger partial charge in [0, 0.05) is 13.2 Å². The highest BCUT2D eigenvalue weighted by atomic mass is 16.5. The fourth-order valence-corrected chi connectivity index (χ4v) is 1.33. The monoisotopic (exact) mass is 199 g/mol. The van der Waals surface area contributed by atoms with Crippen LogP contribution in [0.5, 0.6) is 0 Å². The van der Waals surface area contributed by atoms with Gasteiger partial charge in [0.1, 0.15) is 0 Å². The molecule has 0 spiro atoms. The zero-order valence-corrected chi connectivity index (χ0v) is 10.1.